The van der Waals surface area contributed by atoms with E-state index in [4.69, 9.17) is 21.1 Å². The highest BCUT2D eigenvalue weighted by Gasteiger charge is 2.20. The van der Waals surface area contributed by atoms with Crippen LogP contribution in [-0.4, -0.2) is 78.9 Å². The van der Waals surface area contributed by atoms with Gasteiger partial charge in [-0.3, -0.25) is 0 Å². The van der Waals surface area contributed by atoms with Gasteiger partial charge in [0.2, 0.25) is 17.8 Å². The number of nitrogens with one attached hydrogen (secondary N) is 1. The number of halogens is 2. The van der Waals surface area contributed by atoms with E-state index in [1.54, 1.807) is 12.1 Å². The van der Waals surface area contributed by atoms with E-state index in [0.29, 0.717) is 76.0 Å². The number of anilines is 3. The molecule has 0 bridgehead atoms. The molecule has 0 atom stereocenters. The molecule has 1 aromatic heterocycles. The zero-order chi connectivity index (χ0) is 20.9. The predicted octanol–water partition coefficient (Wildman–Crippen LogP) is 2.11. The summed E-state index contributed by atoms with van der Waals surface area (Å²) in [6, 6.07) is 3.31. The molecule has 1 aromatic carbocycles. The lowest BCUT2D eigenvalue weighted by Crippen LogP contribution is -2.40. The van der Waals surface area contributed by atoms with Crippen molar-refractivity contribution in [2.75, 3.05) is 67.8 Å². The number of hydrogen-bond acceptors (Lipinski definition) is 10. The van der Waals surface area contributed by atoms with Gasteiger partial charge in [-0.05, 0) is 12.1 Å². The Morgan fingerprint density at radius 3 is 2.13 bits per heavy atom. The maximum atomic E-state index is 10.1. The van der Waals surface area contributed by atoms with Crippen molar-refractivity contribution in [1.29, 1.82) is 0 Å². The number of phenols is 1. The lowest BCUT2D eigenvalue weighted by atomic mass is 10.2. The molecule has 30 heavy (non-hydrogen) atoms. The molecule has 4 rings (SSSR count). The second kappa shape index (κ2) is 9.73. The minimum absolute atomic E-state index is 0.0518. The summed E-state index contributed by atoms with van der Waals surface area (Å²) in [5.74, 6) is 1.40. The van der Waals surface area contributed by atoms with Crippen molar-refractivity contribution in [3.05, 3.63) is 27.2 Å². The summed E-state index contributed by atoms with van der Waals surface area (Å²) in [5.41, 5.74) is 3.30. The van der Waals surface area contributed by atoms with Gasteiger partial charge in [0.1, 0.15) is 5.75 Å². The van der Waals surface area contributed by atoms with Crippen molar-refractivity contribution < 1.29 is 14.6 Å². The molecular weight excluding hydrogens is 478 g/mol. The molecule has 10 nitrogen and oxygen atoms in total. The van der Waals surface area contributed by atoms with Crippen LogP contribution in [0.3, 0.4) is 0 Å². The van der Waals surface area contributed by atoms with E-state index >= 15 is 0 Å². The first-order valence-corrected chi connectivity index (χ1v) is 10.7. The van der Waals surface area contributed by atoms with Gasteiger partial charge in [-0.15, -0.1) is 0 Å². The largest absolute Gasteiger partial charge is 0.506 e. The second-order valence-electron chi connectivity index (χ2n) is 6.65. The van der Waals surface area contributed by atoms with E-state index < -0.39 is 0 Å². The van der Waals surface area contributed by atoms with Crippen LogP contribution in [0.4, 0.5) is 17.8 Å². The Balaban J connectivity index is 1.58. The molecule has 0 amide bonds. The van der Waals surface area contributed by atoms with E-state index in [0.717, 1.165) is 4.47 Å². The van der Waals surface area contributed by atoms with Crippen molar-refractivity contribution in [3.63, 3.8) is 0 Å². The molecule has 12 heteroatoms. The van der Waals surface area contributed by atoms with Crippen LogP contribution >= 0.6 is 27.5 Å². The fraction of sp³-hybridized carbons (Fsp3) is 0.444. The van der Waals surface area contributed by atoms with Crippen molar-refractivity contribution in [2.24, 2.45) is 5.10 Å². The Labute approximate surface area is 187 Å². The van der Waals surface area contributed by atoms with E-state index in [9.17, 15) is 5.11 Å². The van der Waals surface area contributed by atoms with Crippen LogP contribution in [0.1, 0.15) is 5.56 Å². The van der Waals surface area contributed by atoms with Gasteiger partial charge >= 0.3 is 0 Å². The molecule has 2 fully saturated rings. The number of ether oxygens (including phenoxy) is 2. The number of nitrogens with zero attached hydrogens (tertiary/aromatic N) is 6. The van der Waals surface area contributed by atoms with E-state index in [-0.39, 0.29) is 10.8 Å². The van der Waals surface area contributed by atoms with Crippen LogP contribution in [0.2, 0.25) is 5.02 Å². The van der Waals surface area contributed by atoms with Crippen LogP contribution < -0.4 is 15.2 Å². The molecule has 2 saturated heterocycles. The summed E-state index contributed by atoms with van der Waals surface area (Å²) >= 11 is 9.35. The average Bonchev–Trinajstić information content (AvgIpc) is 2.78. The van der Waals surface area contributed by atoms with Crippen LogP contribution in [-0.2, 0) is 9.47 Å². The van der Waals surface area contributed by atoms with Gasteiger partial charge in [0.15, 0.2) is 0 Å². The molecule has 0 aliphatic carbocycles. The smallest absolute Gasteiger partial charge is 0.250 e. The van der Waals surface area contributed by atoms with Crippen LogP contribution in [0.15, 0.2) is 21.7 Å². The molecule has 0 unspecified atom stereocenters. The van der Waals surface area contributed by atoms with Gasteiger partial charge in [0.05, 0.1) is 37.7 Å². The van der Waals surface area contributed by atoms with Crippen LogP contribution in [0.5, 0.6) is 5.75 Å². The molecule has 160 valence electrons. The Morgan fingerprint density at radius 2 is 1.57 bits per heavy atom. The minimum atomic E-state index is -0.0518. The standard InChI is InChI=1S/C18H21BrClN7O3/c19-13-9-12(15(28)14(20)10-13)11-21-25-16-22-17(26-1-5-29-6-2-26)24-18(23-16)27-3-7-30-8-4-27/h9-11,28H,1-8H2,(H,22,23,24,25). The topological polar surface area (TPSA) is 108 Å². The molecule has 0 saturated carbocycles. The summed E-state index contributed by atoms with van der Waals surface area (Å²) < 4.78 is 11.6. The first kappa shape index (κ1) is 21.0. The highest BCUT2D eigenvalue weighted by atomic mass is 79.9. The number of rotatable bonds is 5. The highest BCUT2D eigenvalue weighted by molar-refractivity contribution is 9.10. The van der Waals surface area contributed by atoms with Gasteiger partial charge in [-0.1, -0.05) is 27.5 Å². The summed E-state index contributed by atoms with van der Waals surface area (Å²) in [6.07, 6.45) is 1.46. The first-order valence-electron chi connectivity index (χ1n) is 9.49. The number of hydrogen-bond donors (Lipinski definition) is 2. The van der Waals surface area contributed by atoms with Crippen molar-refractivity contribution in [3.8, 4) is 5.75 Å². The third-order valence-corrected chi connectivity index (χ3v) is 5.37. The maximum absolute atomic E-state index is 10.1. The first-order chi connectivity index (χ1) is 14.6. The molecule has 2 aliphatic heterocycles. The SMILES string of the molecule is Oc1c(Cl)cc(Br)cc1C=NNc1nc(N2CCOCC2)nc(N2CCOCC2)n1. The normalized spacial score (nSPS) is 17.5. The summed E-state index contributed by atoms with van der Waals surface area (Å²) in [7, 11) is 0. The van der Waals surface area contributed by atoms with Crippen molar-refractivity contribution >= 4 is 51.6 Å². The zero-order valence-corrected chi connectivity index (χ0v) is 18.4. The second-order valence-corrected chi connectivity index (χ2v) is 7.98. The molecule has 2 aliphatic rings. The fourth-order valence-corrected chi connectivity index (χ4v) is 3.89. The zero-order valence-electron chi connectivity index (χ0n) is 16.1. The third kappa shape index (κ3) is 5.09. The van der Waals surface area contributed by atoms with Crippen molar-refractivity contribution in [2.45, 2.75) is 0 Å². The lowest BCUT2D eigenvalue weighted by Gasteiger charge is -2.30. The van der Waals surface area contributed by atoms with E-state index in [2.05, 4.69) is 51.2 Å². The third-order valence-electron chi connectivity index (χ3n) is 4.63. The quantitative estimate of drug-likeness (QED) is 0.473. The van der Waals surface area contributed by atoms with Crippen LogP contribution in [0.25, 0.3) is 0 Å². The monoisotopic (exact) mass is 497 g/mol. The number of morpholine rings is 2. The Kier molecular flexibility index (Phi) is 6.82. The average molecular weight is 499 g/mol. The maximum Gasteiger partial charge on any atom is 0.250 e. The predicted molar refractivity (Wildman–Crippen MR) is 118 cm³/mol. The molecule has 0 radical (unpaired) electrons. The molecular formula is C18H21BrClN7O3. The van der Waals surface area contributed by atoms with Crippen LogP contribution in [0, 0.1) is 0 Å². The number of hydrazone groups is 1. The number of aromatic hydroxyl groups is 1. The molecule has 2 aromatic rings. The lowest BCUT2D eigenvalue weighted by molar-refractivity contribution is 0.121. The molecule has 3 heterocycles. The van der Waals surface area contributed by atoms with Crippen molar-refractivity contribution in [1.82, 2.24) is 15.0 Å². The Bertz CT molecular complexity index is 885. The summed E-state index contributed by atoms with van der Waals surface area (Å²) in [6.45, 7) is 5.34. The number of phenolic OH excluding ortho intramolecular Hbond substituents is 1. The number of aromatic nitrogens is 3. The van der Waals surface area contributed by atoms with E-state index in [1.165, 1.54) is 6.21 Å². The van der Waals surface area contributed by atoms with Gasteiger partial charge in [-0.25, -0.2) is 5.43 Å². The molecule has 0 spiro atoms. The van der Waals surface area contributed by atoms with Gasteiger partial charge in [0, 0.05) is 36.2 Å². The summed E-state index contributed by atoms with van der Waals surface area (Å²) in [5, 5.41) is 14.5. The molecule has 2 N–H and O–H groups in total. The van der Waals surface area contributed by atoms with Gasteiger partial charge in [0.25, 0.3) is 0 Å². The van der Waals surface area contributed by atoms with E-state index in [1.807, 2.05) is 0 Å². The Hall–Kier alpha value is -2.21. The summed E-state index contributed by atoms with van der Waals surface area (Å²) in [4.78, 5) is 17.8. The fourth-order valence-electron chi connectivity index (χ4n) is 3.06. The van der Waals surface area contributed by atoms with Gasteiger partial charge in [-0.2, -0.15) is 20.1 Å². The highest BCUT2D eigenvalue weighted by Crippen LogP contribution is 2.30. The Morgan fingerprint density at radius 1 is 1.00 bits per heavy atom. The minimum Gasteiger partial charge on any atom is -0.506 e. The number of benzene rings is 1. The van der Waals surface area contributed by atoms with Gasteiger partial charge < -0.3 is 24.4 Å².